The molecule has 7 nitrogen and oxygen atoms in total. The molecular weight excluding hydrogens is 348 g/mol. The van der Waals surface area contributed by atoms with E-state index in [2.05, 4.69) is 8.61 Å². The Morgan fingerprint density at radius 1 is 0.750 bits per heavy atom. The molecule has 130 valence electrons. The zero-order valence-corrected chi connectivity index (χ0v) is 14.9. The third kappa shape index (κ3) is 3.37. The van der Waals surface area contributed by atoms with Gasteiger partial charge in [-0.1, -0.05) is 12.1 Å². The molecule has 0 unspecified atom stereocenters. The summed E-state index contributed by atoms with van der Waals surface area (Å²) in [6.45, 7) is 6.15. The average Bonchev–Trinajstić information content (AvgIpc) is 2.90. The van der Waals surface area contributed by atoms with Crippen molar-refractivity contribution in [3.63, 3.8) is 0 Å². The number of nitrogens with zero attached hydrogens (tertiary/aromatic N) is 4. The van der Waals surface area contributed by atoms with Gasteiger partial charge in [-0.15, -0.1) is 0 Å². The number of rotatable bonds is 4. The lowest BCUT2D eigenvalue weighted by atomic mass is 10.3. The lowest BCUT2D eigenvalue weighted by Gasteiger charge is -2.25. The van der Waals surface area contributed by atoms with Crippen LogP contribution in [-0.2, 0) is 9.47 Å². The standard InChI is InChI=1S/C15H20N4O3S2/c20-15-18(23-16-5-9-21-10-6-16)13-3-1-2-4-14(13)19(15)24-17-7-11-22-12-8-17/h1-4H,5-12H2. The maximum absolute atomic E-state index is 13.0. The molecule has 2 saturated heterocycles. The van der Waals surface area contributed by atoms with Gasteiger partial charge in [-0.3, -0.25) is 0 Å². The number of imidazole rings is 1. The minimum absolute atomic E-state index is 0.0100. The molecule has 24 heavy (non-hydrogen) atoms. The van der Waals surface area contributed by atoms with Crippen molar-refractivity contribution in [1.29, 1.82) is 0 Å². The zero-order chi connectivity index (χ0) is 16.4. The van der Waals surface area contributed by atoms with Gasteiger partial charge < -0.3 is 9.47 Å². The van der Waals surface area contributed by atoms with Gasteiger partial charge in [0.2, 0.25) is 0 Å². The Kier molecular flexibility index (Phi) is 5.16. The summed E-state index contributed by atoms with van der Waals surface area (Å²) >= 11 is 2.97. The molecule has 0 N–H and O–H groups in total. The number of ether oxygens (including phenoxy) is 2. The number of hydrogen-bond acceptors (Lipinski definition) is 7. The van der Waals surface area contributed by atoms with E-state index < -0.39 is 0 Å². The summed E-state index contributed by atoms with van der Waals surface area (Å²) in [6.07, 6.45) is 0. The summed E-state index contributed by atoms with van der Waals surface area (Å²) in [5.74, 6) is 0. The van der Waals surface area contributed by atoms with Gasteiger partial charge in [0.25, 0.3) is 0 Å². The van der Waals surface area contributed by atoms with Crippen molar-refractivity contribution >= 4 is 35.3 Å². The molecular formula is C15H20N4O3S2. The first-order chi connectivity index (χ1) is 11.8. The lowest BCUT2D eigenvalue weighted by Crippen LogP contribution is -2.35. The highest BCUT2D eigenvalue weighted by molar-refractivity contribution is 7.96. The fourth-order valence-corrected chi connectivity index (χ4v) is 4.67. The molecule has 0 radical (unpaired) electrons. The minimum Gasteiger partial charge on any atom is -0.379 e. The Hall–Kier alpha value is -0.970. The van der Waals surface area contributed by atoms with Gasteiger partial charge >= 0.3 is 5.69 Å². The van der Waals surface area contributed by atoms with E-state index in [9.17, 15) is 4.79 Å². The monoisotopic (exact) mass is 368 g/mol. The third-order valence-corrected chi connectivity index (χ3v) is 6.23. The molecule has 0 aliphatic carbocycles. The first-order valence-corrected chi connectivity index (χ1v) is 9.54. The fraction of sp³-hybridized carbons (Fsp3) is 0.533. The molecule has 1 aromatic carbocycles. The molecule has 4 rings (SSSR count). The van der Waals surface area contributed by atoms with Crippen molar-refractivity contribution in [1.82, 2.24) is 16.6 Å². The quantitative estimate of drug-likeness (QED) is 0.754. The van der Waals surface area contributed by atoms with Crippen LogP contribution in [0.1, 0.15) is 0 Å². The maximum Gasteiger partial charge on any atom is 0.351 e. The van der Waals surface area contributed by atoms with Crippen molar-refractivity contribution in [3.8, 4) is 0 Å². The van der Waals surface area contributed by atoms with Crippen LogP contribution in [0.4, 0.5) is 0 Å². The molecule has 0 bridgehead atoms. The highest BCUT2D eigenvalue weighted by atomic mass is 32.2. The fourth-order valence-electron chi connectivity index (χ4n) is 2.74. The summed E-state index contributed by atoms with van der Waals surface area (Å²) in [5.41, 5.74) is 1.88. The molecule has 1 aromatic heterocycles. The van der Waals surface area contributed by atoms with Crippen LogP contribution < -0.4 is 5.69 Å². The van der Waals surface area contributed by atoms with Crippen LogP contribution in [0.15, 0.2) is 29.1 Å². The number of hydrogen-bond donors (Lipinski definition) is 0. The Morgan fingerprint density at radius 2 is 1.17 bits per heavy atom. The van der Waals surface area contributed by atoms with Crippen LogP contribution in [0.2, 0.25) is 0 Å². The lowest BCUT2D eigenvalue weighted by molar-refractivity contribution is 0.0770. The van der Waals surface area contributed by atoms with E-state index >= 15 is 0 Å². The van der Waals surface area contributed by atoms with Crippen molar-refractivity contribution < 1.29 is 9.47 Å². The third-order valence-electron chi connectivity index (χ3n) is 4.00. The zero-order valence-electron chi connectivity index (χ0n) is 13.3. The molecule has 0 spiro atoms. The number of para-hydroxylation sites is 2. The van der Waals surface area contributed by atoms with Gasteiger partial charge in [0.05, 0.1) is 37.5 Å². The van der Waals surface area contributed by atoms with Crippen molar-refractivity contribution in [2.45, 2.75) is 0 Å². The topological polar surface area (TPSA) is 51.9 Å². The van der Waals surface area contributed by atoms with E-state index in [1.54, 1.807) is 7.94 Å². The maximum atomic E-state index is 13.0. The van der Waals surface area contributed by atoms with Crippen molar-refractivity contribution in [2.75, 3.05) is 52.6 Å². The van der Waals surface area contributed by atoms with Crippen LogP contribution in [-0.4, -0.2) is 69.2 Å². The molecule has 0 amide bonds. The molecule has 9 heteroatoms. The van der Waals surface area contributed by atoms with E-state index in [1.165, 1.54) is 24.3 Å². The summed E-state index contributed by atoms with van der Waals surface area (Å²) < 4.78 is 18.7. The summed E-state index contributed by atoms with van der Waals surface area (Å²) in [5, 5.41) is 0. The summed E-state index contributed by atoms with van der Waals surface area (Å²) in [4.78, 5) is 13.0. The van der Waals surface area contributed by atoms with E-state index in [4.69, 9.17) is 9.47 Å². The SMILES string of the molecule is O=c1n(SN2CCOCC2)c2ccccc2n1SN1CCOCC1. The summed E-state index contributed by atoms with van der Waals surface area (Å²) in [7, 11) is 0. The largest absolute Gasteiger partial charge is 0.379 e. The van der Waals surface area contributed by atoms with Gasteiger partial charge in [0.1, 0.15) is 0 Å². The molecule has 0 atom stereocenters. The van der Waals surface area contributed by atoms with Gasteiger partial charge in [0, 0.05) is 50.4 Å². The van der Waals surface area contributed by atoms with Crippen molar-refractivity contribution in [3.05, 3.63) is 34.7 Å². The molecule has 2 aromatic rings. The molecule has 3 heterocycles. The van der Waals surface area contributed by atoms with Gasteiger partial charge in [-0.2, -0.15) is 0 Å². The van der Waals surface area contributed by atoms with E-state index in [0.717, 1.165) is 37.2 Å². The van der Waals surface area contributed by atoms with Gasteiger partial charge in [-0.05, 0) is 12.1 Å². The second-order valence-electron chi connectivity index (χ2n) is 5.61. The van der Waals surface area contributed by atoms with Crippen LogP contribution in [0.25, 0.3) is 11.0 Å². The summed E-state index contributed by atoms with van der Waals surface area (Å²) in [6, 6.07) is 7.95. The van der Waals surface area contributed by atoms with E-state index in [0.29, 0.717) is 26.4 Å². The van der Waals surface area contributed by atoms with Crippen molar-refractivity contribution in [2.24, 2.45) is 0 Å². The van der Waals surface area contributed by atoms with Gasteiger partial charge in [-0.25, -0.2) is 21.3 Å². The smallest absolute Gasteiger partial charge is 0.351 e. The Labute approximate surface area is 149 Å². The highest BCUT2D eigenvalue weighted by Crippen LogP contribution is 2.25. The first-order valence-electron chi connectivity index (χ1n) is 8.08. The van der Waals surface area contributed by atoms with E-state index in [1.807, 2.05) is 24.3 Å². The number of aromatic nitrogens is 2. The highest BCUT2D eigenvalue weighted by Gasteiger charge is 2.21. The predicted octanol–water partition coefficient (Wildman–Crippen LogP) is 1.29. The number of morpholine rings is 2. The predicted molar refractivity (Wildman–Crippen MR) is 97.0 cm³/mol. The van der Waals surface area contributed by atoms with Crippen LogP contribution >= 0.6 is 24.3 Å². The normalized spacial score (nSPS) is 20.7. The second kappa shape index (κ2) is 7.51. The Balaban J connectivity index is 1.65. The second-order valence-corrected chi connectivity index (χ2v) is 7.70. The minimum atomic E-state index is -0.0100. The van der Waals surface area contributed by atoms with Gasteiger partial charge in [0.15, 0.2) is 0 Å². The Morgan fingerprint density at radius 3 is 1.58 bits per heavy atom. The van der Waals surface area contributed by atoms with E-state index in [-0.39, 0.29) is 5.69 Å². The number of benzene rings is 1. The first kappa shape index (κ1) is 16.5. The Bertz CT molecular complexity index is 691. The molecule has 0 saturated carbocycles. The molecule has 2 fully saturated rings. The number of fused-ring (bicyclic) bond motifs is 1. The van der Waals surface area contributed by atoms with Crippen LogP contribution in [0, 0.1) is 0 Å². The average molecular weight is 368 g/mol. The van der Waals surface area contributed by atoms with Crippen LogP contribution in [0.5, 0.6) is 0 Å². The molecule has 2 aliphatic rings. The van der Waals surface area contributed by atoms with Crippen LogP contribution in [0.3, 0.4) is 0 Å². The molecule has 2 aliphatic heterocycles.